The molecule has 0 saturated carbocycles. The van der Waals surface area contributed by atoms with Crippen LogP contribution in [0.5, 0.6) is 0 Å². The lowest BCUT2D eigenvalue weighted by Gasteiger charge is -2.02. The highest BCUT2D eigenvalue weighted by Crippen LogP contribution is 2.21. The minimum atomic E-state index is -0.264. The number of nitrogens with zero attached hydrogens (tertiary/aromatic N) is 1. The molecule has 0 atom stereocenters. The average molecular weight is 273 g/mol. The molecule has 0 unspecified atom stereocenters. The highest BCUT2D eigenvalue weighted by atomic mass is 35.5. The SMILES string of the molecule is Cc1[nH]ncc1CNC(=O)c1cc(Cl)c(Cl)[nH]1. The zero-order chi connectivity index (χ0) is 12.4. The lowest BCUT2D eigenvalue weighted by atomic mass is 10.2. The molecule has 7 heteroatoms. The summed E-state index contributed by atoms with van der Waals surface area (Å²) >= 11 is 11.5. The molecule has 3 N–H and O–H groups in total. The van der Waals surface area contributed by atoms with Crippen molar-refractivity contribution in [2.75, 3.05) is 0 Å². The first-order valence-corrected chi connectivity index (χ1v) is 5.64. The van der Waals surface area contributed by atoms with Crippen LogP contribution in [0.4, 0.5) is 0 Å². The number of rotatable bonds is 3. The summed E-state index contributed by atoms with van der Waals surface area (Å²) in [7, 11) is 0. The maximum atomic E-state index is 11.7. The summed E-state index contributed by atoms with van der Waals surface area (Å²) < 4.78 is 0. The number of hydrogen-bond acceptors (Lipinski definition) is 2. The van der Waals surface area contributed by atoms with E-state index in [1.807, 2.05) is 6.92 Å². The maximum Gasteiger partial charge on any atom is 0.268 e. The minimum absolute atomic E-state index is 0.260. The van der Waals surface area contributed by atoms with Gasteiger partial charge in [-0.15, -0.1) is 0 Å². The van der Waals surface area contributed by atoms with Gasteiger partial charge < -0.3 is 10.3 Å². The van der Waals surface area contributed by atoms with Crippen LogP contribution in [0.25, 0.3) is 0 Å². The summed E-state index contributed by atoms with van der Waals surface area (Å²) in [5, 5.41) is 9.98. The number of aromatic nitrogens is 3. The van der Waals surface area contributed by atoms with Crippen molar-refractivity contribution in [1.29, 1.82) is 0 Å². The van der Waals surface area contributed by atoms with Crippen LogP contribution in [0.2, 0.25) is 10.2 Å². The van der Waals surface area contributed by atoms with E-state index >= 15 is 0 Å². The highest BCUT2D eigenvalue weighted by molar-refractivity contribution is 6.41. The summed E-state index contributed by atoms with van der Waals surface area (Å²) in [5.41, 5.74) is 2.19. The second-order valence-corrected chi connectivity index (χ2v) is 4.33. The molecule has 0 bridgehead atoms. The lowest BCUT2D eigenvalue weighted by molar-refractivity contribution is 0.0946. The molecular weight excluding hydrogens is 263 g/mol. The third-order valence-corrected chi connectivity index (χ3v) is 3.04. The largest absolute Gasteiger partial charge is 0.347 e. The first-order chi connectivity index (χ1) is 8.08. The van der Waals surface area contributed by atoms with E-state index in [0.717, 1.165) is 11.3 Å². The van der Waals surface area contributed by atoms with Gasteiger partial charge in [0.05, 0.1) is 11.2 Å². The summed E-state index contributed by atoms with van der Waals surface area (Å²) in [6.07, 6.45) is 1.67. The monoisotopic (exact) mass is 272 g/mol. The number of aromatic amines is 2. The summed E-state index contributed by atoms with van der Waals surface area (Å²) in [5.74, 6) is -0.264. The van der Waals surface area contributed by atoms with Gasteiger partial charge in [-0.2, -0.15) is 5.10 Å². The van der Waals surface area contributed by atoms with Gasteiger partial charge in [0.1, 0.15) is 10.8 Å². The first kappa shape index (κ1) is 12.0. The maximum absolute atomic E-state index is 11.7. The van der Waals surface area contributed by atoms with Gasteiger partial charge in [-0.1, -0.05) is 23.2 Å². The zero-order valence-electron chi connectivity index (χ0n) is 8.97. The Balaban J connectivity index is 2.00. The second kappa shape index (κ2) is 4.81. The number of nitrogens with one attached hydrogen (secondary N) is 3. The van der Waals surface area contributed by atoms with Crippen molar-refractivity contribution in [3.8, 4) is 0 Å². The van der Waals surface area contributed by atoms with E-state index in [4.69, 9.17) is 23.2 Å². The van der Waals surface area contributed by atoms with Gasteiger partial charge in [-0.05, 0) is 13.0 Å². The molecule has 2 heterocycles. The van der Waals surface area contributed by atoms with Crippen molar-refractivity contribution in [2.24, 2.45) is 0 Å². The molecule has 2 aromatic rings. The molecule has 90 valence electrons. The van der Waals surface area contributed by atoms with Gasteiger partial charge in [0.2, 0.25) is 0 Å². The average Bonchev–Trinajstić information content (AvgIpc) is 2.83. The summed E-state index contributed by atoms with van der Waals surface area (Å²) in [4.78, 5) is 14.4. The number of carbonyl (C=O) groups excluding carboxylic acids is 1. The Morgan fingerprint density at radius 3 is 2.82 bits per heavy atom. The van der Waals surface area contributed by atoms with Gasteiger partial charge >= 0.3 is 0 Å². The van der Waals surface area contributed by atoms with E-state index in [1.54, 1.807) is 6.20 Å². The van der Waals surface area contributed by atoms with E-state index in [-0.39, 0.29) is 11.1 Å². The smallest absolute Gasteiger partial charge is 0.268 e. The minimum Gasteiger partial charge on any atom is -0.347 e. The molecule has 0 fully saturated rings. The Morgan fingerprint density at radius 1 is 1.53 bits per heavy atom. The molecule has 5 nitrogen and oxygen atoms in total. The van der Waals surface area contributed by atoms with Crippen molar-refractivity contribution in [2.45, 2.75) is 13.5 Å². The molecule has 0 aromatic carbocycles. The van der Waals surface area contributed by atoms with Crippen LogP contribution < -0.4 is 5.32 Å². The van der Waals surface area contributed by atoms with E-state index in [1.165, 1.54) is 6.07 Å². The normalized spacial score (nSPS) is 10.5. The van der Waals surface area contributed by atoms with E-state index in [2.05, 4.69) is 20.5 Å². The third kappa shape index (κ3) is 2.62. The fraction of sp³-hybridized carbons (Fsp3) is 0.200. The molecule has 0 aliphatic heterocycles. The van der Waals surface area contributed by atoms with E-state index in [9.17, 15) is 4.79 Å². The van der Waals surface area contributed by atoms with E-state index < -0.39 is 0 Å². The first-order valence-electron chi connectivity index (χ1n) is 4.89. The number of carbonyl (C=O) groups is 1. The molecule has 2 rings (SSSR count). The van der Waals surface area contributed by atoms with Crippen LogP contribution in [-0.2, 0) is 6.54 Å². The summed E-state index contributed by atoms with van der Waals surface area (Å²) in [6.45, 7) is 2.28. The number of hydrogen-bond donors (Lipinski definition) is 3. The van der Waals surface area contributed by atoms with Crippen molar-refractivity contribution in [1.82, 2.24) is 20.5 Å². The fourth-order valence-corrected chi connectivity index (χ4v) is 1.66. The van der Waals surface area contributed by atoms with Gasteiger partial charge in [0.25, 0.3) is 5.91 Å². The van der Waals surface area contributed by atoms with Crippen LogP contribution in [0.15, 0.2) is 12.3 Å². The summed E-state index contributed by atoms with van der Waals surface area (Å²) in [6, 6.07) is 1.49. The Labute approximate surface area is 108 Å². The second-order valence-electron chi connectivity index (χ2n) is 3.55. The predicted octanol–water partition coefficient (Wildman–Crippen LogP) is 2.28. The molecule has 2 aromatic heterocycles. The predicted molar refractivity (Wildman–Crippen MR) is 65.3 cm³/mol. The quantitative estimate of drug-likeness (QED) is 0.802. The Kier molecular flexibility index (Phi) is 3.40. The Morgan fingerprint density at radius 2 is 2.29 bits per heavy atom. The highest BCUT2D eigenvalue weighted by Gasteiger charge is 2.11. The van der Waals surface area contributed by atoms with Gasteiger partial charge in [0, 0.05) is 17.8 Å². The fourth-order valence-electron chi connectivity index (χ4n) is 1.35. The molecule has 1 amide bonds. The van der Waals surface area contributed by atoms with E-state index in [0.29, 0.717) is 17.3 Å². The molecule has 0 radical (unpaired) electrons. The van der Waals surface area contributed by atoms with Crippen molar-refractivity contribution < 1.29 is 4.79 Å². The molecule has 0 spiro atoms. The molecule has 0 aliphatic rings. The number of halogens is 2. The third-order valence-electron chi connectivity index (χ3n) is 2.34. The molecule has 0 saturated heterocycles. The van der Waals surface area contributed by atoms with Crippen molar-refractivity contribution in [3.63, 3.8) is 0 Å². The standard InChI is InChI=1S/C10H10Cl2N4O/c1-5-6(4-14-16-5)3-13-10(17)8-2-7(11)9(12)15-8/h2,4,15H,3H2,1H3,(H,13,17)(H,14,16). The zero-order valence-corrected chi connectivity index (χ0v) is 10.5. The van der Waals surface area contributed by atoms with Gasteiger partial charge in [-0.3, -0.25) is 9.89 Å². The van der Waals surface area contributed by atoms with Gasteiger partial charge in [0.15, 0.2) is 0 Å². The topological polar surface area (TPSA) is 73.6 Å². The van der Waals surface area contributed by atoms with Crippen molar-refractivity contribution in [3.05, 3.63) is 39.4 Å². The Bertz CT molecular complexity index is 527. The Hall–Kier alpha value is -1.46. The van der Waals surface area contributed by atoms with Crippen molar-refractivity contribution >= 4 is 29.1 Å². The molecule has 0 aliphatic carbocycles. The number of H-pyrrole nitrogens is 2. The van der Waals surface area contributed by atoms with Crippen LogP contribution in [-0.4, -0.2) is 21.1 Å². The molecular formula is C10H10Cl2N4O. The van der Waals surface area contributed by atoms with Crippen LogP contribution in [0, 0.1) is 6.92 Å². The van der Waals surface area contributed by atoms with Crippen LogP contribution in [0.3, 0.4) is 0 Å². The van der Waals surface area contributed by atoms with Crippen LogP contribution in [0.1, 0.15) is 21.7 Å². The number of amides is 1. The van der Waals surface area contributed by atoms with Gasteiger partial charge in [-0.25, -0.2) is 0 Å². The lowest BCUT2D eigenvalue weighted by Crippen LogP contribution is -2.23. The molecule has 17 heavy (non-hydrogen) atoms. The number of aryl methyl sites for hydroxylation is 1. The van der Waals surface area contributed by atoms with Crippen LogP contribution >= 0.6 is 23.2 Å².